The van der Waals surface area contributed by atoms with E-state index >= 15 is 0 Å². The molecule has 7 heteroatoms. The molecule has 2 aliphatic rings. The number of carbonyl (C=O) groups is 1. The van der Waals surface area contributed by atoms with Gasteiger partial charge in [-0.1, -0.05) is 34.4 Å². The van der Waals surface area contributed by atoms with E-state index in [4.69, 9.17) is 33.5 Å². The summed E-state index contributed by atoms with van der Waals surface area (Å²) < 4.78 is 5.29. The molecule has 2 heterocycles. The van der Waals surface area contributed by atoms with Crippen molar-refractivity contribution in [2.75, 3.05) is 13.1 Å². The van der Waals surface area contributed by atoms with Crippen molar-refractivity contribution in [1.29, 1.82) is 0 Å². The Morgan fingerprint density at radius 3 is 2.83 bits per heavy atom. The number of rotatable bonds is 2. The molecule has 2 N–H and O–H groups in total. The van der Waals surface area contributed by atoms with Gasteiger partial charge in [0.1, 0.15) is 0 Å². The Bertz CT molecular complexity index is 771. The third kappa shape index (κ3) is 2.53. The smallest absolute Gasteiger partial charge is 0.276 e. The molecule has 1 saturated carbocycles. The highest BCUT2D eigenvalue weighted by molar-refractivity contribution is 6.39. The number of benzene rings is 1. The SMILES string of the molecule is NC12CCN(C(=O)c3cc(-c4c(Cl)cccc4Cl)on3)CC1C2. The zero-order valence-electron chi connectivity index (χ0n) is 12.3. The first-order valence-corrected chi connectivity index (χ1v) is 8.23. The molecule has 0 bridgehead atoms. The molecule has 5 nitrogen and oxygen atoms in total. The van der Waals surface area contributed by atoms with Crippen LogP contribution < -0.4 is 5.73 Å². The van der Waals surface area contributed by atoms with Crippen LogP contribution in [-0.2, 0) is 0 Å². The van der Waals surface area contributed by atoms with Gasteiger partial charge >= 0.3 is 0 Å². The molecule has 2 atom stereocenters. The summed E-state index contributed by atoms with van der Waals surface area (Å²) in [7, 11) is 0. The first kappa shape index (κ1) is 15.0. The van der Waals surface area contributed by atoms with E-state index < -0.39 is 0 Å². The van der Waals surface area contributed by atoms with Crippen molar-refractivity contribution in [3.8, 4) is 11.3 Å². The van der Waals surface area contributed by atoms with Crippen LogP contribution in [0.2, 0.25) is 10.0 Å². The zero-order valence-corrected chi connectivity index (χ0v) is 13.8. The van der Waals surface area contributed by atoms with E-state index in [1.165, 1.54) is 0 Å². The second kappa shape index (κ2) is 5.23. The molecular weight excluding hydrogens is 337 g/mol. The van der Waals surface area contributed by atoms with Crippen molar-refractivity contribution in [2.45, 2.75) is 18.4 Å². The van der Waals surface area contributed by atoms with Crippen molar-refractivity contribution in [3.05, 3.63) is 40.0 Å². The highest BCUT2D eigenvalue weighted by Crippen LogP contribution is 2.47. The number of carbonyl (C=O) groups excluding carboxylic acids is 1. The highest BCUT2D eigenvalue weighted by Gasteiger charge is 2.54. The molecule has 2 aromatic rings. The molecule has 1 saturated heterocycles. The third-order valence-electron chi connectivity index (χ3n) is 4.79. The van der Waals surface area contributed by atoms with E-state index in [1.807, 2.05) is 0 Å². The quantitative estimate of drug-likeness (QED) is 0.901. The van der Waals surface area contributed by atoms with E-state index in [1.54, 1.807) is 29.2 Å². The van der Waals surface area contributed by atoms with Crippen molar-refractivity contribution < 1.29 is 9.32 Å². The van der Waals surface area contributed by atoms with Gasteiger partial charge in [-0.15, -0.1) is 0 Å². The van der Waals surface area contributed by atoms with E-state index in [9.17, 15) is 4.79 Å². The van der Waals surface area contributed by atoms with E-state index in [0.29, 0.717) is 40.4 Å². The van der Waals surface area contributed by atoms with Gasteiger partial charge < -0.3 is 15.2 Å². The summed E-state index contributed by atoms with van der Waals surface area (Å²) >= 11 is 12.3. The monoisotopic (exact) mass is 351 g/mol. The minimum atomic E-state index is -0.142. The van der Waals surface area contributed by atoms with Crippen molar-refractivity contribution in [2.24, 2.45) is 11.7 Å². The van der Waals surface area contributed by atoms with Gasteiger partial charge in [0.15, 0.2) is 11.5 Å². The molecule has 0 spiro atoms. The lowest BCUT2D eigenvalue weighted by Gasteiger charge is -2.29. The van der Waals surface area contributed by atoms with Gasteiger partial charge in [0.05, 0.1) is 15.6 Å². The van der Waals surface area contributed by atoms with Gasteiger partial charge in [-0.3, -0.25) is 4.79 Å². The number of likely N-dealkylation sites (tertiary alicyclic amines) is 1. The lowest BCUT2D eigenvalue weighted by molar-refractivity contribution is 0.0699. The van der Waals surface area contributed by atoms with Gasteiger partial charge in [0.25, 0.3) is 5.91 Å². The topological polar surface area (TPSA) is 72.4 Å². The molecule has 23 heavy (non-hydrogen) atoms. The Morgan fingerprint density at radius 2 is 2.13 bits per heavy atom. The number of nitrogens with zero attached hydrogens (tertiary/aromatic N) is 2. The fourth-order valence-electron chi connectivity index (χ4n) is 3.23. The standard InChI is InChI=1S/C16H15Cl2N3O2/c17-10-2-1-3-11(18)14(10)13-6-12(20-23-13)15(22)21-5-4-16(19)7-9(16)8-21/h1-3,6,9H,4-5,7-8,19H2. The number of amides is 1. The van der Waals surface area contributed by atoms with Crippen molar-refractivity contribution in [1.82, 2.24) is 10.1 Å². The average Bonchev–Trinajstić information content (AvgIpc) is 2.96. The second-order valence-corrected chi connectivity index (χ2v) is 7.12. The van der Waals surface area contributed by atoms with Crippen LogP contribution >= 0.6 is 23.2 Å². The van der Waals surface area contributed by atoms with Crippen LogP contribution in [0.15, 0.2) is 28.8 Å². The Balaban J connectivity index is 1.57. The summed E-state index contributed by atoms with van der Waals surface area (Å²) in [6.45, 7) is 1.34. The van der Waals surface area contributed by atoms with Crippen LogP contribution in [0, 0.1) is 5.92 Å². The summed E-state index contributed by atoms with van der Waals surface area (Å²) in [5.41, 5.74) is 6.93. The van der Waals surface area contributed by atoms with E-state index in [-0.39, 0.29) is 17.1 Å². The number of halogens is 2. The van der Waals surface area contributed by atoms with Crippen LogP contribution in [0.1, 0.15) is 23.3 Å². The number of fused-ring (bicyclic) bond motifs is 1. The normalized spacial score (nSPS) is 26.0. The van der Waals surface area contributed by atoms with Crippen LogP contribution in [0.4, 0.5) is 0 Å². The Labute approximate surface area is 143 Å². The molecule has 2 fully saturated rings. The zero-order chi connectivity index (χ0) is 16.2. The van der Waals surface area contributed by atoms with E-state index in [0.717, 1.165) is 12.8 Å². The number of hydrogen-bond donors (Lipinski definition) is 1. The number of piperidine rings is 1. The third-order valence-corrected chi connectivity index (χ3v) is 5.42. The van der Waals surface area contributed by atoms with Crippen molar-refractivity contribution >= 4 is 29.1 Å². The Morgan fingerprint density at radius 1 is 1.39 bits per heavy atom. The summed E-state index contributed by atoms with van der Waals surface area (Å²) in [6, 6.07) is 6.77. The second-order valence-electron chi connectivity index (χ2n) is 6.31. The van der Waals surface area contributed by atoms with Gasteiger partial charge in [0, 0.05) is 24.7 Å². The number of aromatic nitrogens is 1. The van der Waals surface area contributed by atoms with Gasteiger partial charge in [-0.05, 0) is 30.9 Å². The summed E-state index contributed by atoms with van der Waals surface area (Å²) in [6.07, 6.45) is 1.83. The summed E-state index contributed by atoms with van der Waals surface area (Å²) in [5, 5.41) is 4.80. The predicted molar refractivity (Wildman–Crippen MR) is 87.5 cm³/mol. The molecule has 1 amide bonds. The molecule has 2 unspecified atom stereocenters. The van der Waals surface area contributed by atoms with Crippen LogP contribution in [0.25, 0.3) is 11.3 Å². The van der Waals surface area contributed by atoms with Gasteiger partial charge in [0.2, 0.25) is 0 Å². The number of nitrogens with two attached hydrogens (primary N) is 1. The summed E-state index contributed by atoms with van der Waals surface area (Å²) in [4.78, 5) is 14.4. The Kier molecular flexibility index (Phi) is 3.41. The average molecular weight is 352 g/mol. The van der Waals surface area contributed by atoms with E-state index in [2.05, 4.69) is 5.16 Å². The minimum absolute atomic E-state index is 0.0448. The van der Waals surface area contributed by atoms with Crippen LogP contribution in [0.3, 0.4) is 0 Å². The summed E-state index contributed by atoms with van der Waals surface area (Å²) in [5.74, 6) is 0.655. The lowest BCUT2D eigenvalue weighted by atomic mass is 10.1. The molecule has 1 aromatic heterocycles. The molecule has 0 radical (unpaired) electrons. The van der Waals surface area contributed by atoms with Crippen LogP contribution in [-0.4, -0.2) is 34.6 Å². The number of hydrogen-bond acceptors (Lipinski definition) is 4. The molecule has 120 valence electrons. The fourth-order valence-corrected chi connectivity index (χ4v) is 3.81. The fraction of sp³-hybridized carbons (Fsp3) is 0.375. The van der Waals surface area contributed by atoms with Gasteiger partial charge in [-0.2, -0.15) is 0 Å². The predicted octanol–water partition coefficient (Wildman–Crippen LogP) is 3.21. The molecule has 1 aliphatic heterocycles. The first-order chi connectivity index (χ1) is 11.0. The molecule has 4 rings (SSSR count). The maximum absolute atomic E-state index is 12.6. The maximum Gasteiger partial charge on any atom is 0.276 e. The van der Waals surface area contributed by atoms with Gasteiger partial charge in [-0.25, -0.2) is 0 Å². The van der Waals surface area contributed by atoms with Crippen LogP contribution in [0.5, 0.6) is 0 Å². The van der Waals surface area contributed by atoms with Crippen molar-refractivity contribution in [3.63, 3.8) is 0 Å². The largest absolute Gasteiger partial charge is 0.355 e. The first-order valence-electron chi connectivity index (χ1n) is 7.47. The molecular formula is C16H15Cl2N3O2. The maximum atomic E-state index is 12.6. The molecule has 1 aliphatic carbocycles. The minimum Gasteiger partial charge on any atom is -0.355 e. The Hall–Kier alpha value is -1.56. The lowest BCUT2D eigenvalue weighted by Crippen LogP contribution is -2.44. The highest BCUT2D eigenvalue weighted by atomic mass is 35.5. The molecule has 1 aromatic carbocycles.